The largest absolute Gasteiger partial charge is 0.462 e. The highest BCUT2D eigenvalue weighted by Crippen LogP contribution is 2.15. The lowest BCUT2D eigenvalue weighted by Crippen LogP contribution is -2.30. The minimum Gasteiger partial charge on any atom is -0.462 e. The maximum absolute atomic E-state index is 12.9. The standard InChI is InChI=1S/C74H120O6/c1-4-7-10-13-16-19-21-23-25-27-29-31-32-33-34-35-36-37-38-39-40-41-42-44-45-47-49-51-53-55-58-61-64-67-73(76)79-70-71(69-78-72(75)66-63-60-57-18-15-12-9-6-3)80-74(77)68-65-62-59-56-54-52-50-48-46-43-30-28-26-24-22-20-17-14-11-8-5-2/h7-8,10-11,16-17,19-20,23-26,29-31,33-34,36-37,39-40,42-44,71H,4-6,9,12-15,18,21-22,27-28,32,35,38,41,45-70H2,1-3H3/b10-7-,11-8-,19-16-,20-17-,25-23-,26-24-,31-29-,34-33-,37-36-,40-39-,43-30-,44-42-. The second-order valence-electron chi connectivity index (χ2n) is 21.3. The van der Waals surface area contributed by atoms with Gasteiger partial charge in [-0.15, -0.1) is 0 Å². The number of rotatable bonds is 58. The fourth-order valence-electron chi connectivity index (χ4n) is 8.74. The molecule has 0 saturated carbocycles. The van der Waals surface area contributed by atoms with E-state index in [2.05, 4.69) is 167 Å². The van der Waals surface area contributed by atoms with Gasteiger partial charge in [-0.1, -0.05) is 289 Å². The molecule has 0 aliphatic rings. The molecule has 0 aromatic carbocycles. The van der Waals surface area contributed by atoms with Crippen molar-refractivity contribution in [3.63, 3.8) is 0 Å². The average molecular weight is 1110 g/mol. The van der Waals surface area contributed by atoms with E-state index in [1.54, 1.807) is 0 Å². The first-order valence-electron chi connectivity index (χ1n) is 32.8. The average Bonchev–Trinajstić information content (AvgIpc) is 3.46. The summed E-state index contributed by atoms with van der Waals surface area (Å²) in [6.45, 7) is 6.37. The van der Waals surface area contributed by atoms with Gasteiger partial charge in [0.15, 0.2) is 6.10 Å². The lowest BCUT2D eigenvalue weighted by molar-refractivity contribution is -0.167. The Labute approximate surface area is 493 Å². The molecule has 0 aromatic rings. The van der Waals surface area contributed by atoms with Gasteiger partial charge < -0.3 is 14.2 Å². The molecule has 6 nitrogen and oxygen atoms in total. The van der Waals surface area contributed by atoms with Crippen molar-refractivity contribution in [3.8, 4) is 0 Å². The van der Waals surface area contributed by atoms with Gasteiger partial charge in [-0.05, 0) is 122 Å². The van der Waals surface area contributed by atoms with Gasteiger partial charge in [0.25, 0.3) is 0 Å². The number of ether oxygens (including phenoxy) is 3. The normalized spacial score (nSPS) is 13.1. The topological polar surface area (TPSA) is 78.9 Å². The highest BCUT2D eigenvalue weighted by atomic mass is 16.6. The smallest absolute Gasteiger partial charge is 0.306 e. The van der Waals surface area contributed by atoms with Crippen LogP contribution in [0.3, 0.4) is 0 Å². The molecule has 0 amide bonds. The summed E-state index contributed by atoms with van der Waals surface area (Å²) >= 11 is 0. The van der Waals surface area contributed by atoms with E-state index in [1.165, 1.54) is 96.3 Å². The van der Waals surface area contributed by atoms with Crippen molar-refractivity contribution in [2.45, 2.75) is 290 Å². The van der Waals surface area contributed by atoms with Crippen LogP contribution < -0.4 is 0 Å². The van der Waals surface area contributed by atoms with Gasteiger partial charge in [0.2, 0.25) is 0 Å². The lowest BCUT2D eigenvalue weighted by atomic mass is 10.1. The van der Waals surface area contributed by atoms with Crippen LogP contribution in [0.15, 0.2) is 146 Å². The third-order valence-corrected chi connectivity index (χ3v) is 13.6. The Morgan fingerprint density at radius 2 is 0.487 bits per heavy atom. The molecule has 452 valence electrons. The number of carbonyl (C=O) groups is 3. The summed E-state index contributed by atoms with van der Waals surface area (Å²) in [5.41, 5.74) is 0. The van der Waals surface area contributed by atoms with Crippen molar-refractivity contribution in [1.82, 2.24) is 0 Å². The Hall–Kier alpha value is -4.71. The van der Waals surface area contributed by atoms with Crippen molar-refractivity contribution < 1.29 is 28.6 Å². The molecule has 6 heteroatoms. The van der Waals surface area contributed by atoms with Crippen LogP contribution in [-0.4, -0.2) is 37.2 Å². The van der Waals surface area contributed by atoms with Gasteiger partial charge >= 0.3 is 17.9 Å². The van der Waals surface area contributed by atoms with Crippen molar-refractivity contribution >= 4 is 17.9 Å². The van der Waals surface area contributed by atoms with Gasteiger partial charge in [0, 0.05) is 19.3 Å². The van der Waals surface area contributed by atoms with Gasteiger partial charge in [-0.25, -0.2) is 0 Å². The Morgan fingerprint density at radius 3 is 0.762 bits per heavy atom. The summed E-state index contributed by atoms with van der Waals surface area (Å²) in [7, 11) is 0. The molecule has 0 heterocycles. The zero-order valence-corrected chi connectivity index (χ0v) is 51.8. The summed E-state index contributed by atoms with van der Waals surface area (Å²) in [5, 5.41) is 0. The van der Waals surface area contributed by atoms with E-state index in [1.807, 2.05) is 0 Å². The molecule has 0 rings (SSSR count). The first-order valence-corrected chi connectivity index (χ1v) is 32.8. The third kappa shape index (κ3) is 64.1. The highest BCUT2D eigenvalue weighted by molar-refractivity contribution is 5.71. The molecular weight excluding hydrogens is 985 g/mol. The number of hydrogen-bond acceptors (Lipinski definition) is 6. The molecule has 0 spiro atoms. The fourth-order valence-corrected chi connectivity index (χ4v) is 8.74. The number of carbonyl (C=O) groups excluding carboxylic acids is 3. The van der Waals surface area contributed by atoms with Crippen LogP contribution in [0, 0.1) is 0 Å². The minimum absolute atomic E-state index is 0.0862. The van der Waals surface area contributed by atoms with Crippen LogP contribution in [0.25, 0.3) is 0 Å². The van der Waals surface area contributed by atoms with Crippen molar-refractivity contribution in [2.75, 3.05) is 13.2 Å². The zero-order chi connectivity index (χ0) is 57.8. The molecule has 0 fully saturated rings. The zero-order valence-electron chi connectivity index (χ0n) is 51.8. The first kappa shape index (κ1) is 75.3. The van der Waals surface area contributed by atoms with Crippen molar-refractivity contribution in [2.24, 2.45) is 0 Å². The number of allylic oxidation sites excluding steroid dienone is 24. The second kappa shape index (κ2) is 66.8. The SMILES string of the molecule is CC/C=C\C/C=C\C/C=C\C/C=C\C/C=C\C/C=C\C/C=C\C/C=C\CCCCCCCCCCC(=O)OCC(COC(=O)CCCCCCCCCC)OC(=O)CCCCCCCCCC/C=C\C/C=C\C/C=C\C/C=C\CC. The molecule has 0 aromatic heterocycles. The van der Waals surface area contributed by atoms with Gasteiger partial charge in [-0.2, -0.15) is 0 Å². The van der Waals surface area contributed by atoms with Crippen molar-refractivity contribution in [3.05, 3.63) is 146 Å². The minimum atomic E-state index is -0.789. The van der Waals surface area contributed by atoms with Crippen LogP contribution in [-0.2, 0) is 28.6 Å². The number of unbranched alkanes of at least 4 members (excludes halogenated alkanes) is 23. The summed E-state index contributed by atoms with van der Waals surface area (Å²) < 4.78 is 16.9. The van der Waals surface area contributed by atoms with E-state index in [0.717, 1.165) is 148 Å². The van der Waals surface area contributed by atoms with Crippen LogP contribution >= 0.6 is 0 Å². The number of hydrogen-bond donors (Lipinski definition) is 0. The fraction of sp³-hybridized carbons (Fsp3) is 0.635. The number of esters is 3. The van der Waals surface area contributed by atoms with Crippen molar-refractivity contribution in [1.29, 1.82) is 0 Å². The summed E-state index contributed by atoms with van der Waals surface area (Å²) in [6, 6.07) is 0. The predicted octanol–water partition coefficient (Wildman–Crippen LogP) is 22.7. The highest BCUT2D eigenvalue weighted by Gasteiger charge is 2.19. The maximum Gasteiger partial charge on any atom is 0.306 e. The Bertz CT molecular complexity index is 1750. The van der Waals surface area contributed by atoms with E-state index in [-0.39, 0.29) is 31.1 Å². The molecule has 0 aliphatic carbocycles. The lowest BCUT2D eigenvalue weighted by Gasteiger charge is -2.18. The van der Waals surface area contributed by atoms with E-state index in [0.29, 0.717) is 19.3 Å². The molecule has 1 atom stereocenters. The molecular formula is C74H120O6. The summed E-state index contributed by atoms with van der Waals surface area (Å²) in [4.78, 5) is 38.2. The summed E-state index contributed by atoms with van der Waals surface area (Å²) in [6.07, 6.45) is 95.8. The maximum atomic E-state index is 12.9. The van der Waals surface area contributed by atoms with E-state index in [4.69, 9.17) is 14.2 Å². The molecule has 0 saturated heterocycles. The quantitative estimate of drug-likeness (QED) is 0.0261. The van der Waals surface area contributed by atoms with E-state index >= 15 is 0 Å². The van der Waals surface area contributed by atoms with Gasteiger partial charge in [0.05, 0.1) is 0 Å². The Balaban J connectivity index is 4.21. The molecule has 1 unspecified atom stereocenters. The monoisotopic (exact) mass is 1100 g/mol. The van der Waals surface area contributed by atoms with Crippen LogP contribution in [0.5, 0.6) is 0 Å². The van der Waals surface area contributed by atoms with Gasteiger partial charge in [-0.3, -0.25) is 14.4 Å². The Morgan fingerprint density at radius 1 is 0.263 bits per heavy atom. The van der Waals surface area contributed by atoms with E-state index in [9.17, 15) is 14.4 Å². The van der Waals surface area contributed by atoms with Crippen LogP contribution in [0.2, 0.25) is 0 Å². The molecule has 0 bridgehead atoms. The predicted molar refractivity (Wildman–Crippen MR) is 348 cm³/mol. The molecule has 0 aliphatic heterocycles. The van der Waals surface area contributed by atoms with Gasteiger partial charge in [0.1, 0.15) is 13.2 Å². The third-order valence-electron chi connectivity index (χ3n) is 13.6. The van der Waals surface area contributed by atoms with Crippen LogP contribution in [0.4, 0.5) is 0 Å². The Kier molecular flexibility index (Phi) is 62.9. The molecule has 0 radical (unpaired) electrons. The first-order chi connectivity index (χ1) is 39.5. The van der Waals surface area contributed by atoms with E-state index < -0.39 is 6.10 Å². The second-order valence-corrected chi connectivity index (χ2v) is 21.3. The van der Waals surface area contributed by atoms with Crippen LogP contribution in [0.1, 0.15) is 284 Å². The summed E-state index contributed by atoms with van der Waals surface area (Å²) in [5.74, 6) is -0.907. The molecule has 0 N–H and O–H groups in total. The molecule has 80 heavy (non-hydrogen) atoms.